The van der Waals surface area contributed by atoms with Crippen LogP contribution < -0.4 is 30.6 Å². The largest absolute Gasteiger partial charge is 0.491 e. The number of rotatable bonds is 9. The van der Waals surface area contributed by atoms with E-state index in [1.165, 1.54) is 4.90 Å². The number of carbonyl (C=O) groups excluding carboxylic acids is 3. The number of nitrogens with two attached hydrogens (primary N) is 1. The summed E-state index contributed by atoms with van der Waals surface area (Å²) >= 11 is 5.16. The van der Waals surface area contributed by atoms with E-state index in [9.17, 15) is 22.8 Å². The van der Waals surface area contributed by atoms with Crippen LogP contribution in [0.5, 0.6) is 11.6 Å². The van der Waals surface area contributed by atoms with Crippen molar-refractivity contribution in [2.75, 3.05) is 6.54 Å². The van der Waals surface area contributed by atoms with Gasteiger partial charge < -0.3 is 35.2 Å². The number of thiocarbonyl (C=S) groups is 1. The van der Waals surface area contributed by atoms with Gasteiger partial charge >= 0.3 is 0 Å². The maximum Gasteiger partial charge on any atom is 0.262 e. The summed E-state index contributed by atoms with van der Waals surface area (Å²) in [5.74, 6) is -1.03. The highest BCUT2D eigenvalue weighted by atomic mass is 32.2. The molecule has 3 fully saturated rings. The van der Waals surface area contributed by atoms with E-state index in [4.69, 9.17) is 41.8 Å². The molecule has 4 heterocycles. The van der Waals surface area contributed by atoms with Crippen LogP contribution in [-0.2, 0) is 24.4 Å². The standard InChI is InChI=1S/C41H47N7O8S2/c1-23(2)54-26-16-14-24(15-17-26)35-44-33-29-11-8-9-13-32(29)56-34(33)37(45-35)55-27-20-31-36(49)46-41(39(51)47-58(52,53)28-18-19-28)21-25(41)10-6-4-3-5-7-12-30(43-40(42)57)38(50)48(31)22-27/h6,8-11,13-17,23,25,27-28,30-31H,3-5,7,12,18-22H2,1-2H3,(H,46,49)(H,47,51)(H3,42,43,57)/b10-6-/t25-,27-,30+,31+,41-/m1/s1. The lowest BCUT2D eigenvalue weighted by Gasteiger charge is -2.30. The van der Waals surface area contributed by atoms with Crippen molar-refractivity contribution in [3.8, 4) is 23.0 Å². The van der Waals surface area contributed by atoms with Crippen LogP contribution in [0, 0.1) is 5.92 Å². The number of allylic oxidation sites excluding steroid dienone is 1. The lowest BCUT2D eigenvalue weighted by molar-refractivity contribution is -0.141. The number of nitrogens with zero attached hydrogens (tertiary/aromatic N) is 3. The molecule has 8 rings (SSSR count). The molecule has 306 valence electrons. The van der Waals surface area contributed by atoms with Crippen molar-refractivity contribution in [1.82, 2.24) is 30.2 Å². The van der Waals surface area contributed by atoms with Gasteiger partial charge in [0.25, 0.3) is 11.8 Å². The highest BCUT2D eigenvalue weighted by molar-refractivity contribution is 7.91. The molecule has 4 aromatic rings. The number of hydrogen-bond donors (Lipinski definition) is 4. The van der Waals surface area contributed by atoms with E-state index in [-0.39, 0.29) is 36.5 Å². The molecule has 0 radical (unpaired) electrons. The first-order valence-electron chi connectivity index (χ1n) is 19.9. The maximum atomic E-state index is 14.5. The fourth-order valence-corrected chi connectivity index (χ4v) is 9.41. The smallest absolute Gasteiger partial charge is 0.262 e. The molecule has 2 aliphatic carbocycles. The minimum atomic E-state index is -3.90. The van der Waals surface area contributed by atoms with Gasteiger partial charge in [0.15, 0.2) is 10.9 Å². The molecule has 0 bridgehead atoms. The molecule has 2 saturated carbocycles. The molecule has 58 heavy (non-hydrogen) atoms. The third-order valence-corrected chi connectivity index (χ3v) is 13.0. The van der Waals surface area contributed by atoms with Crippen molar-refractivity contribution in [2.45, 2.75) is 107 Å². The topological polar surface area (TPSA) is 208 Å². The van der Waals surface area contributed by atoms with Crippen molar-refractivity contribution in [2.24, 2.45) is 11.7 Å². The Kier molecular flexibility index (Phi) is 10.8. The summed E-state index contributed by atoms with van der Waals surface area (Å²) < 4.78 is 46.7. The highest BCUT2D eigenvalue weighted by Crippen LogP contribution is 2.46. The van der Waals surface area contributed by atoms with E-state index in [0.29, 0.717) is 59.5 Å². The Morgan fingerprint density at radius 1 is 1.07 bits per heavy atom. The molecular weight excluding hydrogens is 783 g/mol. The van der Waals surface area contributed by atoms with Crippen molar-refractivity contribution in [1.29, 1.82) is 0 Å². The average Bonchev–Trinajstić information content (AvgIpc) is 4.08. The molecule has 0 spiro atoms. The van der Waals surface area contributed by atoms with Crippen molar-refractivity contribution in [3.63, 3.8) is 0 Å². The molecule has 17 heteroatoms. The van der Waals surface area contributed by atoms with Gasteiger partial charge in [0.05, 0.1) is 17.9 Å². The number of sulfonamides is 1. The summed E-state index contributed by atoms with van der Waals surface area (Å²) in [4.78, 5) is 53.9. The Hall–Kier alpha value is -5.29. The van der Waals surface area contributed by atoms with Crippen molar-refractivity contribution >= 4 is 67.1 Å². The number of amides is 3. The van der Waals surface area contributed by atoms with E-state index in [1.807, 2.05) is 74.5 Å². The lowest BCUT2D eigenvalue weighted by Crippen LogP contribution is -2.58. The zero-order valence-electron chi connectivity index (χ0n) is 32.3. The van der Waals surface area contributed by atoms with Crippen LogP contribution >= 0.6 is 12.2 Å². The van der Waals surface area contributed by atoms with E-state index in [1.54, 1.807) is 0 Å². The summed E-state index contributed by atoms with van der Waals surface area (Å²) in [6.45, 7) is 3.88. The molecule has 5 atom stereocenters. The van der Waals surface area contributed by atoms with Gasteiger partial charge in [-0.25, -0.2) is 13.4 Å². The molecule has 15 nitrogen and oxygen atoms in total. The number of fused-ring (bicyclic) bond motifs is 5. The normalized spacial score (nSPS) is 25.9. The molecule has 4 aliphatic rings. The van der Waals surface area contributed by atoms with Crippen LogP contribution in [0.3, 0.4) is 0 Å². The van der Waals surface area contributed by atoms with E-state index in [2.05, 4.69) is 15.4 Å². The maximum absolute atomic E-state index is 14.5. The number of hydrogen-bond acceptors (Lipinski definition) is 11. The average molecular weight is 830 g/mol. The van der Waals surface area contributed by atoms with Crippen LogP contribution in [-0.4, -0.2) is 87.7 Å². The van der Waals surface area contributed by atoms with Gasteiger partial charge in [0.1, 0.15) is 40.6 Å². The Labute approximate surface area is 341 Å². The van der Waals surface area contributed by atoms with E-state index in [0.717, 1.165) is 24.6 Å². The number of aromatic nitrogens is 2. The molecule has 5 N–H and O–H groups in total. The number of furan rings is 1. The third kappa shape index (κ3) is 8.19. The summed E-state index contributed by atoms with van der Waals surface area (Å²) in [7, 11) is -3.90. The molecule has 0 unspecified atom stereocenters. The first-order valence-corrected chi connectivity index (χ1v) is 21.8. The number of carbonyl (C=O) groups is 3. The second-order valence-corrected chi connectivity index (χ2v) is 18.3. The highest BCUT2D eigenvalue weighted by Gasteiger charge is 2.62. The zero-order chi connectivity index (χ0) is 40.8. The Morgan fingerprint density at radius 2 is 1.84 bits per heavy atom. The summed E-state index contributed by atoms with van der Waals surface area (Å²) in [6.07, 6.45) is 7.73. The van der Waals surface area contributed by atoms with Crippen molar-refractivity contribution in [3.05, 3.63) is 60.7 Å². The number of ether oxygens (including phenoxy) is 2. The molecule has 2 aromatic heterocycles. The first-order chi connectivity index (χ1) is 27.8. The molecule has 1 saturated heterocycles. The van der Waals surface area contributed by atoms with Crippen LogP contribution in [0.15, 0.2) is 65.1 Å². The fraction of sp³-hybridized carbons (Fsp3) is 0.463. The summed E-state index contributed by atoms with van der Waals surface area (Å²) in [5.41, 5.74) is 6.51. The predicted molar refractivity (Wildman–Crippen MR) is 220 cm³/mol. The van der Waals surface area contributed by atoms with Gasteiger partial charge in [0, 0.05) is 23.3 Å². The van der Waals surface area contributed by atoms with Crippen LogP contribution in [0.2, 0.25) is 0 Å². The van der Waals surface area contributed by atoms with Gasteiger partial charge in [0.2, 0.25) is 27.4 Å². The lowest BCUT2D eigenvalue weighted by atomic mass is 10.1. The molecule has 3 amide bonds. The van der Waals surface area contributed by atoms with Gasteiger partial charge in [-0.1, -0.05) is 37.1 Å². The summed E-state index contributed by atoms with van der Waals surface area (Å²) in [5, 5.41) is 5.92. The van der Waals surface area contributed by atoms with Crippen molar-refractivity contribution < 1.29 is 36.7 Å². The van der Waals surface area contributed by atoms with Gasteiger partial charge in [-0.15, -0.1) is 0 Å². The predicted octanol–water partition coefficient (Wildman–Crippen LogP) is 4.38. The van der Waals surface area contributed by atoms with E-state index < -0.39 is 62.6 Å². The number of para-hydroxylation sites is 1. The molecule has 2 aliphatic heterocycles. The van der Waals surface area contributed by atoms with Gasteiger partial charge in [-0.3, -0.25) is 19.1 Å². The second-order valence-electron chi connectivity index (χ2n) is 15.9. The van der Waals surface area contributed by atoms with Crippen LogP contribution in [0.1, 0.15) is 71.6 Å². The molecule has 2 aromatic carbocycles. The Morgan fingerprint density at radius 3 is 2.59 bits per heavy atom. The minimum Gasteiger partial charge on any atom is -0.491 e. The van der Waals surface area contributed by atoms with Crippen LogP contribution in [0.4, 0.5) is 0 Å². The monoisotopic (exact) mass is 829 g/mol. The SMILES string of the molecule is CC(C)Oc1ccc(-c2nc(O[C@@H]3C[C@H]4C(=O)N[C@]5(C(=O)NS(=O)(=O)C6CC6)C[C@H]5/C=C\CCCCC[C@H](NC(N)=S)C(=O)N4C3)c3oc4ccccc4c3n2)cc1. The summed E-state index contributed by atoms with van der Waals surface area (Å²) in [6, 6.07) is 12.9. The third-order valence-electron chi connectivity index (χ3n) is 11.1. The first kappa shape index (κ1) is 39.5. The number of nitrogens with one attached hydrogen (secondary N) is 3. The Balaban J connectivity index is 1.14. The van der Waals surface area contributed by atoms with Gasteiger partial charge in [-0.05, 0) is 101 Å². The molecular formula is C41H47N7O8S2. The Bertz CT molecular complexity index is 2400. The quantitative estimate of drug-likeness (QED) is 0.137. The van der Waals surface area contributed by atoms with E-state index >= 15 is 0 Å². The zero-order valence-corrected chi connectivity index (χ0v) is 33.9. The minimum absolute atomic E-state index is 0.00277. The van der Waals surface area contributed by atoms with Gasteiger partial charge in [-0.2, -0.15) is 4.98 Å². The number of benzene rings is 2. The van der Waals surface area contributed by atoms with Crippen LogP contribution in [0.25, 0.3) is 33.5 Å². The fourth-order valence-electron chi connectivity index (χ4n) is 7.91. The second kappa shape index (κ2) is 15.8.